The minimum Gasteiger partial charge on any atom is -0.478 e. The average Bonchev–Trinajstić information content (AvgIpc) is 2.37. The Bertz CT molecular complexity index is 595. The molecular formula is C15H20N2O4. The second-order valence-electron chi connectivity index (χ2n) is 5.51. The van der Waals surface area contributed by atoms with Crippen molar-refractivity contribution in [2.75, 3.05) is 0 Å². The summed E-state index contributed by atoms with van der Waals surface area (Å²) >= 11 is 0. The fourth-order valence-electron chi connectivity index (χ4n) is 1.85. The lowest BCUT2D eigenvalue weighted by Gasteiger charge is -2.31. The van der Waals surface area contributed by atoms with Crippen LogP contribution in [0.15, 0.2) is 18.2 Å². The maximum Gasteiger partial charge on any atom is 0.335 e. The Morgan fingerprint density at radius 1 is 1.29 bits per heavy atom. The van der Waals surface area contributed by atoms with Crippen LogP contribution in [0, 0.1) is 12.8 Å². The first-order valence-electron chi connectivity index (χ1n) is 6.56. The molecule has 6 heteroatoms. The summed E-state index contributed by atoms with van der Waals surface area (Å²) in [4.78, 5) is 34.8. The molecule has 4 N–H and O–H groups in total. The molecule has 1 rings (SSSR count). The van der Waals surface area contributed by atoms with Crippen molar-refractivity contribution in [3.8, 4) is 0 Å². The number of rotatable bonds is 5. The zero-order chi connectivity index (χ0) is 16.4. The minimum absolute atomic E-state index is 0.102. The van der Waals surface area contributed by atoms with Crippen molar-refractivity contribution in [1.29, 1.82) is 0 Å². The first-order valence-corrected chi connectivity index (χ1v) is 6.56. The molecule has 0 aliphatic heterocycles. The van der Waals surface area contributed by atoms with E-state index in [2.05, 4.69) is 5.32 Å². The molecular weight excluding hydrogens is 272 g/mol. The van der Waals surface area contributed by atoms with Crippen molar-refractivity contribution in [1.82, 2.24) is 5.32 Å². The van der Waals surface area contributed by atoms with Crippen LogP contribution >= 0.6 is 0 Å². The van der Waals surface area contributed by atoms with E-state index in [4.69, 9.17) is 10.8 Å². The number of carbonyl (C=O) groups excluding carboxylic acids is 2. The smallest absolute Gasteiger partial charge is 0.335 e. The van der Waals surface area contributed by atoms with E-state index in [9.17, 15) is 14.4 Å². The molecule has 0 saturated carbocycles. The quantitative estimate of drug-likeness (QED) is 0.760. The van der Waals surface area contributed by atoms with Crippen molar-refractivity contribution < 1.29 is 19.5 Å². The first-order chi connectivity index (χ1) is 9.59. The number of primary amides is 1. The summed E-state index contributed by atoms with van der Waals surface area (Å²) in [6.07, 6.45) is 0. The highest BCUT2D eigenvalue weighted by Gasteiger charge is 2.36. The van der Waals surface area contributed by atoms with E-state index in [1.54, 1.807) is 27.7 Å². The summed E-state index contributed by atoms with van der Waals surface area (Å²) in [5.74, 6) is -2.32. The largest absolute Gasteiger partial charge is 0.478 e. The molecule has 1 atom stereocenters. The van der Waals surface area contributed by atoms with Gasteiger partial charge in [-0.2, -0.15) is 0 Å². The van der Waals surface area contributed by atoms with E-state index in [-0.39, 0.29) is 11.5 Å². The molecule has 0 radical (unpaired) electrons. The molecule has 0 aliphatic carbocycles. The third kappa shape index (κ3) is 3.39. The third-order valence-electron chi connectivity index (χ3n) is 3.76. The zero-order valence-electron chi connectivity index (χ0n) is 12.6. The third-order valence-corrected chi connectivity index (χ3v) is 3.76. The molecule has 114 valence electrons. The monoisotopic (exact) mass is 292 g/mol. The summed E-state index contributed by atoms with van der Waals surface area (Å²) < 4.78 is 0. The summed E-state index contributed by atoms with van der Waals surface area (Å²) in [7, 11) is 0. The first kappa shape index (κ1) is 16.7. The van der Waals surface area contributed by atoms with Crippen LogP contribution < -0.4 is 11.1 Å². The second-order valence-corrected chi connectivity index (χ2v) is 5.51. The van der Waals surface area contributed by atoms with Crippen molar-refractivity contribution in [2.24, 2.45) is 11.7 Å². The van der Waals surface area contributed by atoms with Gasteiger partial charge < -0.3 is 16.2 Å². The van der Waals surface area contributed by atoms with Crippen molar-refractivity contribution in [3.05, 3.63) is 34.9 Å². The summed E-state index contributed by atoms with van der Waals surface area (Å²) in [5.41, 5.74) is 5.13. The number of nitrogens with two attached hydrogens (primary N) is 1. The molecule has 1 unspecified atom stereocenters. The summed E-state index contributed by atoms with van der Waals surface area (Å²) in [6.45, 7) is 6.77. The van der Waals surface area contributed by atoms with Crippen LogP contribution in [0.5, 0.6) is 0 Å². The summed E-state index contributed by atoms with van der Waals surface area (Å²) in [5, 5.41) is 11.5. The molecule has 2 amide bonds. The van der Waals surface area contributed by atoms with Crippen molar-refractivity contribution in [2.45, 2.75) is 33.2 Å². The molecule has 1 aromatic carbocycles. The lowest BCUT2D eigenvalue weighted by atomic mass is 9.87. The van der Waals surface area contributed by atoms with Crippen molar-refractivity contribution >= 4 is 17.8 Å². The Hall–Kier alpha value is -2.37. The van der Waals surface area contributed by atoms with Gasteiger partial charge in [0.2, 0.25) is 5.91 Å². The number of hydrogen-bond acceptors (Lipinski definition) is 3. The van der Waals surface area contributed by atoms with Gasteiger partial charge in [-0.25, -0.2) is 4.79 Å². The minimum atomic E-state index is -1.17. The van der Waals surface area contributed by atoms with Gasteiger partial charge in [0.25, 0.3) is 5.91 Å². The molecule has 0 bridgehead atoms. The highest BCUT2D eigenvalue weighted by Crippen LogP contribution is 2.18. The standard InChI is InChI=1S/C15H20N2O4/c1-8(2)15(4,14(16)21)17-12(18)11-6-5-10(13(19)20)7-9(11)3/h5-8H,1-4H3,(H2,16,21)(H,17,18)(H,19,20). The van der Waals surface area contributed by atoms with E-state index < -0.39 is 23.3 Å². The maximum atomic E-state index is 12.3. The molecule has 0 fully saturated rings. The second kappa shape index (κ2) is 5.95. The number of aryl methyl sites for hydroxylation is 1. The molecule has 0 heterocycles. The number of hydrogen-bond donors (Lipinski definition) is 3. The fraction of sp³-hybridized carbons (Fsp3) is 0.400. The Kier molecular flexibility index (Phi) is 4.73. The van der Waals surface area contributed by atoms with Gasteiger partial charge in [0, 0.05) is 5.56 Å². The predicted octanol–water partition coefficient (Wildman–Crippen LogP) is 1.32. The number of nitrogens with one attached hydrogen (secondary N) is 1. The van der Waals surface area contributed by atoms with E-state index >= 15 is 0 Å². The van der Waals surface area contributed by atoms with Gasteiger partial charge >= 0.3 is 5.97 Å². The van der Waals surface area contributed by atoms with Gasteiger partial charge in [0.1, 0.15) is 5.54 Å². The highest BCUT2D eigenvalue weighted by molar-refractivity contribution is 6.00. The number of aromatic carboxylic acids is 1. The molecule has 0 spiro atoms. The van der Waals surface area contributed by atoms with E-state index in [1.165, 1.54) is 18.2 Å². The van der Waals surface area contributed by atoms with Crippen LogP contribution in [0.2, 0.25) is 0 Å². The normalized spacial score (nSPS) is 13.6. The number of carboxylic acid groups (broad SMARTS) is 1. The van der Waals surface area contributed by atoms with Crippen LogP contribution in [0.3, 0.4) is 0 Å². The Morgan fingerprint density at radius 3 is 2.24 bits per heavy atom. The van der Waals surface area contributed by atoms with Gasteiger partial charge in [-0.15, -0.1) is 0 Å². The van der Waals surface area contributed by atoms with Gasteiger partial charge in [0.15, 0.2) is 0 Å². The number of benzene rings is 1. The molecule has 0 saturated heterocycles. The predicted molar refractivity (Wildman–Crippen MR) is 78.0 cm³/mol. The highest BCUT2D eigenvalue weighted by atomic mass is 16.4. The van der Waals surface area contributed by atoms with Crippen LogP contribution in [0.1, 0.15) is 47.1 Å². The van der Waals surface area contributed by atoms with Gasteiger partial charge in [-0.05, 0) is 43.5 Å². The van der Waals surface area contributed by atoms with Gasteiger partial charge in [-0.1, -0.05) is 13.8 Å². The average molecular weight is 292 g/mol. The SMILES string of the molecule is Cc1cc(C(=O)O)ccc1C(=O)NC(C)(C(N)=O)C(C)C. The molecule has 6 nitrogen and oxygen atoms in total. The number of carbonyl (C=O) groups is 3. The fourth-order valence-corrected chi connectivity index (χ4v) is 1.85. The van der Waals surface area contributed by atoms with Crippen LogP contribution in [0.25, 0.3) is 0 Å². The summed E-state index contributed by atoms with van der Waals surface area (Å²) in [6, 6.07) is 4.19. The lowest BCUT2D eigenvalue weighted by molar-refractivity contribution is -0.125. The van der Waals surface area contributed by atoms with Crippen LogP contribution in [0.4, 0.5) is 0 Å². The van der Waals surface area contributed by atoms with Crippen LogP contribution in [-0.4, -0.2) is 28.4 Å². The van der Waals surface area contributed by atoms with Crippen molar-refractivity contribution in [3.63, 3.8) is 0 Å². The molecule has 0 aliphatic rings. The molecule has 0 aromatic heterocycles. The Balaban J connectivity index is 3.10. The number of carboxylic acids is 1. The van der Waals surface area contributed by atoms with Crippen LogP contribution in [-0.2, 0) is 4.79 Å². The van der Waals surface area contributed by atoms with Gasteiger partial charge in [-0.3, -0.25) is 9.59 Å². The zero-order valence-corrected chi connectivity index (χ0v) is 12.6. The molecule has 21 heavy (non-hydrogen) atoms. The Morgan fingerprint density at radius 2 is 1.86 bits per heavy atom. The topological polar surface area (TPSA) is 109 Å². The van der Waals surface area contributed by atoms with E-state index in [1.807, 2.05) is 0 Å². The molecule has 1 aromatic rings. The van der Waals surface area contributed by atoms with Gasteiger partial charge in [0.05, 0.1) is 5.56 Å². The van der Waals surface area contributed by atoms with E-state index in [0.717, 1.165) is 0 Å². The van der Waals surface area contributed by atoms with E-state index in [0.29, 0.717) is 11.1 Å². The Labute approximate surface area is 123 Å². The number of amides is 2. The maximum absolute atomic E-state index is 12.3. The lowest BCUT2D eigenvalue weighted by Crippen LogP contribution is -2.58.